The Morgan fingerprint density at radius 1 is 1.40 bits per heavy atom. The van der Waals surface area contributed by atoms with Gasteiger partial charge in [-0.3, -0.25) is 0 Å². The maximum Gasteiger partial charge on any atom is 0.276 e. The van der Waals surface area contributed by atoms with Gasteiger partial charge in [0, 0.05) is 14.1 Å². The molecule has 108 valence electrons. The van der Waals surface area contributed by atoms with E-state index < -0.39 is 13.9 Å². The van der Waals surface area contributed by atoms with Crippen LogP contribution in [0.5, 0.6) is 0 Å². The van der Waals surface area contributed by atoms with E-state index in [2.05, 4.69) is 29.9 Å². The van der Waals surface area contributed by atoms with E-state index in [1.807, 2.05) is 0 Å². The van der Waals surface area contributed by atoms with E-state index in [-0.39, 0.29) is 5.69 Å². The first-order chi connectivity index (χ1) is 9.42. The Labute approximate surface area is 117 Å². The van der Waals surface area contributed by atoms with E-state index in [4.69, 9.17) is 4.74 Å². The van der Waals surface area contributed by atoms with Gasteiger partial charge in [0.15, 0.2) is 11.5 Å². The van der Waals surface area contributed by atoms with E-state index in [0.29, 0.717) is 24.2 Å². The second-order valence-corrected chi connectivity index (χ2v) is 11.6. The fourth-order valence-electron chi connectivity index (χ4n) is 1.89. The molecule has 0 unspecified atom stereocenters. The smallest absolute Gasteiger partial charge is 0.276 e. The molecular weight excluding hydrogens is 277 g/mol. The van der Waals surface area contributed by atoms with Gasteiger partial charge < -0.3 is 4.74 Å². The minimum Gasteiger partial charge on any atom is -0.322 e. The van der Waals surface area contributed by atoms with Gasteiger partial charge in [0.05, 0.1) is 12.8 Å². The molecule has 0 amide bonds. The SMILES string of the molecule is C[Si](C)(C)CCOC[n+]1[nH]cc2c(N=O)c(F)ccc21. The van der Waals surface area contributed by atoms with E-state index in [9.17, 15) is 9.30 Å². The topological polar surface area (TPSA) is 58.3 Å². The minimum absolute atomic E-state index is 0.167. The lowest BCUT2D eigenvalue weighted by molar-refractivity contribution is -0.759. The van der Waals surface area contributed by atoms with Crippen molar-refractivity contribution in [3.8, 4) is 0 Å². The van der Waals surface area contributed by atoms with Crippen LogP contribution in [0.15, 0.2) is 23.5 Å². The Hall–Kier alpha value is -1.60. The Morgan fingerprint density at radius 2 is 2.15 bits per heavy atom. The monoisotopic (exact) mass is 296 g/mol. The maximum atomic E-state index is 13.4. The Morgan fingerprint density at radius 3 is 2.80 bits per heavy atom. The number of rotatable bonds is 6. The number of nitrogens with zero attached hydrogens (tertiary/aromatic N) is 2. The van der Waals surface area contributed by atoms with Crippen LogP contribution in [0.4, 0.5) is 10.1 Å². The fourth-order valence-corrected chi connectivity index (χ4v) is 2.65. The van der Waals surface area contributed by atoms with Crippen molar-refractivity contribution in [3.63, 3.8) is 0 Å². The van der Waals surface area contributed by atoms with E-state index in [1.54, 1.807) is 16.9 Å². The van der Waals surface area contributed by atoms with Crippen LogP contribution in [0.3, 0.4) is 0 Å². The molecule has 1 heterocycles. The number of ether oxygens (including phenoxy) is 1. The van der Waals surface area contributed by atoms with E-state index in [0.717, 1.165) is 6.04 Å². The summed E-state index contributed by atoms with van der Waals surface area (Å²) < 4.78 is 20.8. The number of aromatic nitrogens is 2. The summed E-state index contributed by atoms with van der Waals surface area (Å²) >= 11 is 0. The van der Waals surface area contributed by atoms with Crippen molar-refractivity contribution >= 4 is 24.7 Å². The molecule has 5 nitrogen and oxygen atoms in total. The van der Waals surface area contributed by atoms with Crippen molar-refractivity contribution in [2.45, 2.75) is 32.4 Å². The summed E-state index contributed by atoms with van der Waals surface area (Å²) in [5.41, 5.74) is 0.536. The van der Waals surface area contributed by atoms with E-state index in [1.165, 1.54) is 6.07 Å². The van der Waals surface area contributed by atoms with E-state index >= 15 is 0 Å². The Balaban J connectivity index is 2.10. The predicted molar refractivity (Wildman–Crippen MR) is 78.0 cm³/mol. The molecule has 7 heteroatoms. The number of aromatic amines is 1. The molecule has 0 spiro atoms. The zero-order valence-electron chi connectivity index (χ0n) is 11.9. The summed E-state index contributed by atoms with van der Waals surface area (Å²) in [7, 11) is -1.11. The fraction of sp³-hybridized carbons (Fsp3) is 0.462. The number of hydrogen-bond donors (Lipinski definition) is 1. The van der Waals surface area contributed by atoms with Crippen molar-refractivity contribution < 1.29 is 13.8 Å². The third kappa shape index (κ3) is 3.29. The zero-order chi connectivity index (χ0) is 14.8. The molecule has 0 aliphatic heterocycles. The van der Waals surface area contributed by atoms with Gasteiger partial charge in [-0.2, -0.15) is 5.10 Å². The lowest BCUT2D eigenvalue weighted by Crippen LogP contribution is -2.37. The molecule has 1 aromatic heterocycles. The second-order valence-electron chi connectivity index (χ2n) is 5.97. The molecule has 0 aliphatic rings. The molecule has 2 rings (SSSR count). The largest absolute Gasteiger partial charge is 0.322 e. The number of hydrogen-bond acceptors (Lipinski definition) is 3. The lowest BCUT2D eigenvalue weighted by Gasteiger charge is -2.14. The molecule has 0 radical (unpaired) electrons. The first kappa shape index (κ1) is 14.8. The van der Waals surface area contributed by atoms with Gasteiger partial charge in [0.1, 0.15) is 5.39 Å². The van der Waals surface area contributed by atoms with Crippen LogP contribution in [-0.2, 0) is 11.5 Å². The van der Waals surface area contributed by atoms with Gasteiger partial charge in [-0.05, 0) is 17.3 Å². The van der Waals surface area contributed by atoms with Gasteiger partial charge in [-0.25, -0.2) is 4.39 Å². The minimum atomic E-state index is -1.11. The highest BCUT2D eigenvalue weighted by Gasteiger charge is 2.19. The predicted octanol–water partition coefficient (Wildman–Crippen LogP) is 3.30. The number of H-pyrrole nitrogens is 1. The van der Waals surface area contributed by atoms with Crippen molar-refractivity contribution in [3.05, 3.63) is 29.1 Å². The summed E-state index contributed by atoms with van der Waals surface area (Å²) in [6.07, 6.45) is 1.57. The summed E-state index contributed by atoms with van der Waals surface area (Å²) in [6, 6.07) is 3.94. The average Bonchev–Trinajstić information content (AvgIpc) is 2.76. The van der Waals surface area contributed by atoms with Crippen LogP contribution in [0.2, 0.25) is 25.7 Å². The molecule has 0 bridgehead atoms. The van der Waals surface area contributed by atoms with Crippen LogP contribution in [0.1, 0.15) is 0 Å². The highest BCUT2D eigenvalue weighted by molar-refractivity contribution is 6.76. The quantitative estimate of drug-likeness (QED) is 0.385. The molecule has 0 atom stereocenters. The molecule has 0 fully saturated rings. The molecule has 20 heavy (non-hydrogen) atoms. The van der Waals surface area contributed by atoms with Crippen LogP contribution >= 0.6 is 0 Å². The number of nitroso groups, excluding NO2 is 1. The van der Waals surface area contributed by atoms with Crippen molar-refractivity contribution in [2.24, 2.45) is 5.18 Å². The lowest BCUT2D eigenvalue weighted by atomic mass is 10.2. The highest BCUT2D eigenvalue weighted by Crippen LogP contribution is 2.26. The third-order valence-corrected chi connectivity index (χ3v) is 4.81. The standard InChI is InChI=1S/C13H18FN3O2Si/c1-20(2,3)7-6-19-9-17-12-5-4-11(14)13(16-18)10(12)8-15-17/h4-5,8H,6-7,9H2,1-3H3/p+1. The van der Waals surface area contributed by atoms with Crippen molar-refractivity contribution in [1.82, 2.24) is 5.10 Å². The van der Waals surface area contributed by atoms with Crippen LogP contribution < -0.4 is 4.68 Å². The molecule has 0 saturated carbocycles. The molecule has 0 saturated heterocycles. The van der Waals surface area contributed by atoms with Gasteiger partial charge >= 0.3 is 0 Å². The maximum absolute atomic E-state index is 13.4. The first-order valence-electron chi connectivity index (χ1n) is 6.53. The molecular formula is C13H19FN3O2Si+. The summed E-state index contributed by atoms with van der Waals surface area (Å²) in [6.45, 7) is 7.91. The summed E-state index contributed by atoms with van der Waals surface area (Å²) in [5, 5.41) is 6.16. The Kier molecular flexibility index (Phi) is 4.29. The normalized spacial score (nSPS) is 12.0. The number of halogens is 1. The molecule has 1 aromatic carbocycles. The zero-order valence-corrected chi connectivity index (χ0v) is 12.9. The molecule has 1 N–H and O–H groups in total. The van der Waals surface area contributed by atoms with Crippen molar-refractivity contribution in [1.29, 1.82) is 0 Å². The van der Waals surface area contributed by atoms with Crippen LogP contribution in [0, 0.1) is 10.7 Å². The first-order valence-corrected chi connectivity index (χ1v) is 10.2. The van der Waals surface area contributed by atoms with Crippen LogP contribution in [-0.4, -0.2) is 19.8 Å². The van der Waals surface area contributed by atoms with Crippen molar-refractivity contribution in [2.75, 3.05) is 6.61 Å². The van der Waals surface area contributed by atoms with Crippen LogP contribution in [0.25, 0.3) is 10.9 Å². The number of fused-ring (bicyclic) bond motifs is 1. The highest BCUT2D eigenvalue weighted by atomic mass is 28.3. The summed E-state index contributed by atoms with van der Waals surface area (Å²) in [5.74, 6) is -0.613. The Bertz CT molecular complexity index is 622. The number of nitrogens with one attached hydrogen (secondary N) is 1. The average molecular weight is 296 g/mol. The van der Waals surface area contributed by atoms with Gasteiger partial charge in [0.2, 0.25) is 5.52 Å². The molecule has 2 aromatic rings. The van der Waals surface area contributed by atoms with Gasteiger partial charge in [-0.1, -0.05) is 24.3 Å². The third-order valence-electron chi connectivity index (χ3n) is 3.11. The summed E-state index contributed by atoms with van der Waals surface area (Å²) in [4.78, 5) is 10.7. The second kappa shape index (κ2) is 5.80. The van der Waals surface area contributed by atoms with Gasteiger partial charge in [0.25, 0.3) is 6.73 Å². The molecule has 0 aliphatic carbocycles. The van der Waals surface area contributed by atoms with Gasteiger partial charge in [-0.15, -0.1) is 4.91 Å². The number of benzene rings is 1.